The molecule has 0 bridgehead atoms. The molecule has 2 aromatic heterocycles. The summed E-state index contributed by atoms with van der Waals surface area (Å²) in [7, 11) is 0. The Kier molecular flexibility index (Phi) is 3.22. The van der Waals surface area contributed by atoms with Crippen LogP contribution in [-0.4, -0.2) is 31.7 Å². The second kappa shape index (κ2) is 5.17. The zero-order chi connectivity index (χ0) is 13.1. The molecular formula is C13H15N5O. The first kappa shape index (κ1) is 11.8. The summed E-state index contributed by atoms with van der Waals surface area (Å²) in [5, 5.41) is 7.02. The van der Waals surface area contributed by atoms with Crippen molar-refractivity contribution >= 4 is 5.91 Å². The topological polar surface area (TPSA) is 72.7 Å². The molecule has 1 amide bonds. The number of pyridine rings is 1. The number of carbonyl (C=O) groups is 1. The van der Waals surface area contributed by atoms with Crippen molar-refractivity contribution in [3.8, 4) is 5.82 Å². The molecule has 2 aromatic rings. The van der Waals surface area contributed by atoms with Gasteiger partial charge < -0.3 is 5.32 Å². The molecule has 1 fully saturated rings. The van der Waals surface area contributed by atoms with Crippen LogP contribution in [0.2, 0.25) is 0 Å². The third-order valence-electron chi connectivity index (χ3n) is 3.35. The van der Waals surface area contributed by atoms with Crippen LogP contribution >= 0.6 is 0 Å². The first-order chi connectivity index (χ1) is 9.33. The molecule has 19 heavy (non-hydrogen) atoms. The number of hydrogen-bond donors (Lipinski definition) is 1. The van der Waals surface area contributed by atoms with E-state index in [-0.39, 0.29) is 5.91 Å². The molecule has 3 rings (SSSR count). The van der Waals surface area contributed by atoms with Gasteiger partial charge in [-0.25, -0.2) is 14.6 Å². The minimum absolute atomic E-state index is 0.0514. The van der Waals surface area contributed by atoms with Crippen LogP contribution < -0.4 is 5.32 Å². The fraction of sp³-hybridized carbons (Fsp3) is 0.385. The van der Waals surface area contributed by atoms with Crippen molar-refractivity contribution in [2.24, 2.45) is 0 Å². The number of hydrogen-bond acceptors (Lipinski definition) is 4. The van der Waals surface area contributed by atoms with Gasteiger partial charge in [0.25, 0.3) is 5.91 Å². The Hall–Kier alpha value is -2.24. The van der Waals surface area contributed by atoms with E-state index < -0.39 is 0 Å². The van der Waals surface area contributed by atoms with Crippen LogP contribution in [0, 0.1) is 0 Å². The first-order valence-corrected chi connectivity index (χ1v) is 6.45. The highest BCUT2D eigenvalue weighted by molar-refractivity contribution is 5.94. The molecule has 98 valence electrons. The smallest absolute Gasteiger partial charge is 0.253 e. The van der Waals surface area contributed by atoms with Crippen LogP contribution in [0.25, 0.3) is 5.82 Å². The van der Waals surface area contributed by atoms with E-state index >= 15 is 0 Å². The van der Waals surface area contributed by atoms with Crippen molar-refractivity contribution in [2.45, 2.75) is 31.7 Å². The van der Waals surface area contributed by atoms with Crippen LogP contribution in [0.3, 0.4) is 0 Å². The van der Waals surface area contributed by atoms with E-state index in [9.17, 15) is 4.79 Å². The highest BCUT2D eigenvalue weighted by Gasteiger charge is 2.18. The second-order valence-corrected chi connectivity index (χ2v) is 4.70. The van der Waals surface area contributed by atoms with E-state index in [0.717, 1.165) is 12.8 Å². The lowest BCUT2D eigenvalue weighted by atomic mass is 10.2. The lowest BCUT2D eigenvalue weighted by Crippen LogP contribution is -2.32. The molecule has 6 heteroatoms. The van der Waals surface area contributed by atoms with E-state index in [1.165, 1.54) is 19.2 Å². The lowest BCUT2D eigenvalue weighted by Gasteiger charge is -2.11. The summed E-state index contributed by atoms with van der Waals surface area (Å²) in [6.45, 7) is 0. The van der Waals surface area contributed by atoms with E-state index in [4.69, 9.17) is 0 Å². The van der Waals surface area contributed by atoms with Gasteiger partial charge in [-0.2, -0.15) is 5.10 Å². The van der Waals surface area contributed by atoms with Crippen molar-refractivity contribution < 1.29 is 4.79 Å². The van der Waals surface area contributed by atoms with Crippen LogP contribution in [0.15, 0.2) is 31.0 Å². The number of nitrogens with zero attached hydrogens (tertiary/aromatic N) is 4. The Morgan fingerprint density at radius 3 is 2.79 bits per heavy atom. The van der Waals surface area contributed by atoms with E-state index in [2.05, 4.69) is 20.4 Å². The van der Waals surface area contributed by atoms with Gasteiger partial charge in [0.15, 0.2) is 5.82 Å². The molecule has 0 atom stereocenters. The van der Waals surface area contributed by atoms with Crippen molar-refractivity contribution in [1.29, 1.82) is 0 Å². The van der Waals surface area contributed by atoms with Gasteiger partial charge in [-0.1, -0.05) is 12.8 Å². The highest BCUT2D eigenvalue weighted by Crippen LogP contribution is 2.18. The van der Waals surface area contributed by atoms with Crippen molar-refractivity contribution in [2.75, 3.05) is 0 Å². The molecule has 0 radical (unpaired) electrons. The molecule has 1 N–H and O–H groups in total. The van der Waals surface area contributed by atoms with Crippen LogP contribution in [0.1, 0.15) is 36.0 Å². The molecule has 0 aliphatic heterocycles. The number of rotatable bonds is 3. The third kappa shape index (κ3) is 2.62. The minimum atomic E-state index is -0.0514. The summed E-state index contributed by atoms with van der Waals surface area (Å²) in [5.74, 6) is 0.597. The van der Waals surface area contributed by atoms with Crippen molar-refractivity contribution in [1.82, 2.24) is 25.1 Å². The Morgan fingerprint density at radius 1 is 1.32 bits per heavy atom. The van der Waals surface area contributed by atoms with Gasteiger partial charge in [0.2, 0.25) is 0 Å². The molecule has 1 aliphatic carbocycles. The maximum absolute atomic E-state index is 12.0. The molecule has 0 aromatic carbocycles. The van der Waals surface area contributed by atoms with E-state index in [0.29, 0.717) is 17.4 Å². The standard InChI is InChI=1S/C13H15N5O/c19-13(17-11-3-1-2-4-11)10-5-6-12(15-7-10)18-9-14-8-16-18/h5-9,11H,1-4H2,(H,17,19). The quantitative estimate of drug-likeness (QED) is 0.900. The van der Waals surface area contributed by atoms with Gasteiger partial charge in [0, 0.05) is 12.2 Å². The number of carbonyl (C=O) groups excluding carboxylic acids is 1. The summed E-state index contributed by atoms with van der Waals surface area (Å²) in [4.78, 5) is 20.1. The molecular weight excluding hydrogens is 242 g/mol. The summed E-state index contributed by atoms with van der Waals surface area (Å²) >= 11 is 0. The SMILES string of the molecule is O=C(NC1CCCC1)c1ccc(-n2cncn2)nc1. The zero-order valence-corrected chi connectivity index (χ0v) is 10.5. The van der Waals surface area contributed by atoms with Gasteiger partial charge in [0.1, 0.15) is 12.7 Å². The number of amides is 1. The maximum Gasteiger partial charge on any atom is 0.253 e. The number of aromatic nitrogens is 4. The fourth-order valence-corrected chi connectivity index (χ4v) is 2.32. The van der Waals surface area contributed by atoms with Crippen LogP contribution in [-0.2, 0) is 0 Å². The highest BCUT2D eigenvalue weighted by atomic mass is 16.1. The Labute approximate surface area is 110 Å². The minimum Gasteiger partial charge on any atom is -0.349 e. The molecule has 0 saturated heterocycles. The maximum atomic E-state index is 12.0. The molecule has 1 aliphatic rings. The number of nitrogens with one attached hydrogen (secondary N) is 1. The van der Waals surface area contributed by atoms with Gasteiger partial charge in [-0.3, -0.25) is 4.79 Å². The zero-order valence-electron chi connectivity index (χ0n) is 10.5. The van der Waals surface area contributed by atoms with Gasteiger partial charge >= 0.3 is 0 Å². The normalized spacial score (nSPS) is 15.6. The average molecular weight is 257 g/mol. The van der Waals surface area contributed by atoms with E-state index in [1.807, 2.05) is 0 Å². The Balaban J connectivity index is 1.69. The molecule has 0 spiro atoms. The van der Waals surface area contributed by atoms with Gasteiger partial charge in [-0.15, -0.1) is 0 Å². The fourth-order valence-electron chi connectivity index (χ4n) is 2.32. The summed E-state index contributed by atoms with van der Waals surface area (Å²) in [5.41, 5.74) is 0.579. The third-order valence-corrected chi connectivity index (χ3v) is 3.35. The van der Waals surface area contributed by atoms with Crippen LogP contribution in [0.5, 0.6) is 0 Å². The van der Waals surface area contributed by atoms with Gasteiger partial charge in [0.05, 0.1) is 5.56 Å². The molecule has 2 heterocycles. The largest absolute Gasteiger partial charge is 0.349 e. The molecule has 6 nitrogen and oxygen atoms in total. The van der Waals surface area contributed by atoms with Crippen LogP contribution in [0.4, 0.5) is 0 Å². The lowest BCUT2D eigenvalue weighted by molar-refractivity contribution is 0.0937. The van der Waals surface area contributed by atoms with Gasteiger partial charge in [-0.05, 0) is 25.0 Å². The van der Waals surface area contributed by atoms with Crippen molar-refractivity contribution in [3.63, 3.8) is 0 Å². The summed E-state index contributed by atoms with van der Waals surface area (Å²) in [6, 6.07) is 3.84. The van der Waals surface area contributed by atoms with Crippen molar-refractivity contribution in [3.05, 3.63) is 36.5 Å². The Morgan fingerprint density at radius 2 is 2.16 bits per heavy atom. The molecule has 1 saturated carbocycles. The Bertz CT molecular complexity index is 543. The predicted octanol–water partition coefficient (Wildman–Crippen LogP) is 1.33. The first-order valence-electron chi connectivity index (χ1n) is 6.45. The average Bonchev–Trinajstić information content (AvgIpc) is 3.12. The molecule has 0 unspecified atom stereocenters. The monoisotopic (exact) mass is 257 g/mol. The second-order valence-electron chi connectivity index (χ2n) is 4.70. The summed E-state index contributed by atoms with van der Waals surface area (Å²) in [6.07, 6.45) is 9.15. The van der Waals surface area contributed by atoms with E-state index in [1.54, 1.807) is 29.3 Å². The summed E-state index contributed by atoms with van der Waals surface area (Å²) < 4.78 is 1.55. The predicted molar refractivity (Wildman–Crippen MR) is 68.9 cm³/mol.